The van der Waals surface area contributed by atoms with Gasteiger partial charge in [0.15, 0.2) is 0 Å². The van der Waals surface area contributed by atoms with E-state index in [1.807, 2.05) is 0 Å². The van der Waals surface area contributed by atoms with Gasteiger partial charge in [-0.15, -0.1) is 0 Å². The van der Waals surface area contributed by atoms with Gasteiger partial charge in [-0.25, -0.2) is 0 Å². The van der Waals surface area contributed by atoms with E-state index in [2.05, 4.69) is 6.92 Å². The Morgan fingerprint density at radius 2 is 2.33 bits per heavy atom. The molecule has 0 aromatic rings. The van der Waals surface area contributed by atoms with E-state index in [4.69, 9.17) is 10.8 Å². The molecule has 12 heavy (non-hydrogen) atoms. The summed E-state index contributed by atoms with van der Waals surface area (Å²) in [5.74, 6) is 0.441. The number of carboxylic acid groups (broad SMARTS) is 1. The quantitative estimate of drug-likeness (QED) is 0.671. The van der Waals surface area contributed by atoms with Gasteiger partial charge in [0.25, 0.3) is 0 Å². The number of nitrogens with two attached hydrogens (primary N) is 1. The van der Waals surface area contributed by atoms with Gasteiger partial charge in [0, 0.05) is 0 Å². The molecule has 3 atom stereocenters. The second-order valence-corrected chi connectivity index (χ2v) is 3.96. The summed E-state index contributed by atoms with van der Waals surface area (Å²) < 4.78 is 0. The van der Waals surface area contributed by atoms with Gasteiger partial charge in [-0.3, -0.25) is 4.79 Å². The molecule has 1 aliphatic carbocycles. The van der Waals surface area contributed by atoms with Crippen molar-refractivity contribution >= 4 is 5.97 Å². The average Bonchev–Trinajstić information content (AvgIpc) is 2.35. The van der Waals surface area contributed by atoms with Gasteiger partial charge >= 0.3 is 5.97 Å². The molecule has 0 heterocycles. The molecule has 3 heteroatoms. The number of carbonyl (C=O) groups is 1. The molecule has 70 valence electrons. The molecule has 0 aromatic carbocycles. The van der Waals surface area contributed by atoms with E-state index < -0.39 is 12.0 Å². The summed E-state index contributed by atoms with van der Waals surface area (Å²) in [7, 11) is 0. The van der Waals surface area contributed by atoms with Crippen molar-refractivity contribution in [3.8, 4) is 0 Å². The van der Waals surface area contributed by atoms with Crippen LogP contribution in [0, 0.1) is 11.8 Å². The van der Waals surface area contributed by atoms with E-state index in [0.717, 1.165) is 18.8 Å². The molecular formula is C9H17NO2. The first-order chi connectivity index (χ1) is 5.59. The molecule has 3 N–H and O–H groups in total. The molecule has 1 rings (SSSR count). The molecule has 0 bridgehead atoms. The predicted molar refractivity (Wildman–Crippen MR) is 46.7 cm³/mol. The molecule has 1 saturated carbocycles. The average molecular weight is 171 g/mol. The van der Waals surface area contributed by atoms with Crippen molar-refractivity contribution in [1.29, 1.82) is 0 Å². The van der Waals surface area contributed by atoms with Gasteiger partial charge < -0.3 is 10.8 Å². The molecule has 0 radical (unpaired) electrons. The van der Waals surface area contributed by atoms with Crippen molar-refractivity contribution in [3.05, 3.63) is 0 Å². The number of aliphatic carboxylic acids is 1. The Labute approximate surface area is 72.9 Å². The van der Waals surface area contributed by atoms with Gasteiger partial charge in [-0.2, -0.15) is 0 Å². The van der Waals surface area contributed by atoms with Crippen molar-refractivity contribution in [2.75, 3.05) is 0 Å². The molecule has 0 saturated heterocycles. The standard InChI is InChI=1S/C9H17NO2/c1-6-2-3-7(4-6)5-8(10)9(11)12/h6-8H,2-5,10H2,1H3,(H,11,12). The van der Waals surface area contributed by atoms with Crippen molar-refractivity contribution in [2.24, 2.45) is 17.6 Å². The number of carboxylic acids is 1. The van der Waals surface area contributed by atoms with Crippen LogP contribution in [0.1, 0.15) is 32.6 Å². The SMILES string of the molecule is CC1CCC(CC(N)C(=O)O)C1. The highest BCUT2D eigenvalue weighted by Crippen LogP contribution is 2.32. The molecule has 0 aromatic heterocycles. The Hall–Kier alpha value is -0.570. The Bertz CT molecular complexity index is 170. The highest BCUT2D eigenvalue weighted by atomic mass is 16.4. The molecular weight excluding hydrogens is 154 g/mol. The number of rotatable bonds is 3. The van der Waals surface area contributed by atoms with Gasteiger partial charge in [-0.1, -0.05) is 19.8 Å². The largest absolute Gasteiger partial charge is 0.480 e. The summed E-state index contributed by atoms with van der Waals surface area (Å²) >= 11 is 0. The van der Waals surface area contributed by atoms with Crippen LogP contribution in [-0.2, 0) is 4.79 Å². The Morgan fingerprint density at radius 1 is 1.67 bits per heavy atom. The second kappa shape index (κ2) is 3.90. The van der Waals surface area contributed by atoms with Crippen molar-refractivity contribution < 1.29 is 9.90 Å². The van der Waals surface area contributed by atoms with Gasteiger partial charge in [0.1, 0.15) is 6.04 Å². The van der Waals surface area contributed by atoms with Crippen LogP contribution in [0.2, 0.25) is 0 Å². The molecule has 0 aliphatic heterocycles. The van der Waals surface area contributed by atoms with E-state index >= 15 is 0 Å². The normalized spacial score (nSPS) is 31.8. The summed E-state index contributed by atoms with van der Waals surface area (Å²) in [4.78, 5) is 10.4. The zero-order valence-corrected chi connectivity index (χ0v) is 7.49. The van der Waals surface area contributed by atoms with Gasteiger partial charge in [-0.05, 0) is 24.7 Å². The van der Waals surface area contributed by atoms with Crippen molar-refractivity contribution in [3.63, 3.8) is 0 Å². The molecule has 0 amide bonds. The van der Waals surface area contributed by atoms with Crippen molar-refractivity contribution in [1.82, 2.24) is 0 Å². The molecule has 1 fully saturated rings. The fraction of sp³-hybridized carbons (Fsp3) is 0.889. The fourth-order valence-corrected chi connectivity index (χ4v) is 2.00. The lowest BCUT2D eigenvalue weighted by Gasteiger charge is -2.12. The minimum absolute atomic E-state index is 0.547. The summed E-state index contributed by atoms with van der Waals surface area (Å²) in [6.45, 7) is 2.21. The molecule has 0 spiro atoms. The summed E-state index contributed by atoms with van der Waals surface area (Å²) in [5, 5.41) is 8.58. The van der Waals surface area contributed by atoms with E-state index in [9.17, 15) is 4.79 Å². The maximum atomic E-state index is 10.4. The summed E-state index contributed by atoms with van der Waals surface area (Å²) in [6.07, 6.45) is 4.19. The molecule has 3 unspecified atom stereocenters. The van der Waals surface area contributed by atoms with Gasteiger partial charge in [0.05, 0.1) is 0 Å². The van der Waals surface area contributed by atoms with E-state index in [1.54, 1.807) is 0 Å². The summed E-state index contributed by atoms with van der Waals surface area (Å²) in [5.41, 5.74) is 5.44. The zero-order valence-electron chi connectivity index (χ0n) is 7.49. The van der Waals surface area contributed by atoms with Crippen LogP contribution in [0.4, 0.5) is 0 Å². The minimum Gasteiger partial charge on any atom is -0.480 e. The first kappa shape index (κ1) is 9.52. The van der Waals surface area contributed by atoms with E-state index in [-0.39, 0.29) is 0 Å². The lowest BCUT2D eigenvalue weighted by molar-refractivity contribution is -0.138. The van der Waals surface area contributed by atoms with Crippen LogP contribution in [0.5, 0.6) is 0 Å². The lowest BCUT2D eigenvalue weighted by atomic mass is 9.98. The Balaban J connectivity index is 2.27. The van der Waals surface area contributed by atoms with Crippen LogP contribution in [0.15, 0.2) is 0 Å². The fourth-order valence-electron chi connectivity index (χ4n) is 2.00. The predicted octanol–water partition coefficient (Wildman–Crippen LogP) is 1.22. The smallest absolute Gasteiger partial charge is 0.320 e. The third-order valence-corrected chi connectivity index (χ3v) is 2.71. The first-order valence-corrected chi connectivity index (χ1v) is 4.58. The summed E-state index contributed by atoms with van der Waals surface area (Å²) in [6, 6.07) is -0.653. The third-order valence-electron chi connectivity index (χ3n) is 2.71. The second-order valence-electron chi connectivity index (χ2n) is 3.96. The first-order valence-electron chi connectivity index (χ1n) is 4.58. The van der Waals surface area contributed by atoms with Gasteiger partial charge in [0.2, 0.25) is 0 Å². The van der Waals surface area contributed by atoms with E-state index in [1.165, 1.54) is 6.42 Å². The lowest BCUT2D eigenvalue weighted by Crippen LogP contribution is -2.31. The number of hydrogen-bond acceptors (Lipinski definition) is 2. The zero-order chi connectivity index (χ0) is 9.14. The monoisotopic (exact) mass is 171 g/mol. The van der Waals surface area contributed by atoms with E-state index in [0.29, 0.717) is 12.3 Å². The van der Waals surface area contributed by atoms with Crippen LogP contribution >= 0.6 is 0 Å². The number of hydrogen-bond donors (Lipinski definition) is 2. The van der Waals surface area contributed by atoms with Crippen LogP contribution < -0.4 is 5.73 Å². The Morgan fingerprint density at radius 3 is 2.75 bits per heavy atom. The molecule has 3 nitrogen and oxygen atoms in total. The highest BCUT2D eigenvalue weighted by Gasteiger charge is 2.25. The molecule has 1 aliphatic rings. The van der Waals surface area contributed by atoms with Crippen molar-refractivity contribution in [2.45, 2.75) is 38.6 Å². The van der Waals surface area contributed by atoms with Crippen LogP contribution in [-0.4, -0.2) is 17.1 Å². The Kier molecular flexibility index (Phi) is 3.09. The third kappa shape index (κ3) is 2.48. The van der Waals surface area contributed by atoms with Crippen LogP contribution in [0.25, 0.3) is 0 Å². The maximum Gasteiger partial charge on any atom is 0.320 e. The maximum absolute atomic E-state index is 10.4. The minimum atomic E-state index is -0.866. The topological polar surface area (TPSA) is 63.3 Å². The highest BCUT2D eigenvalue weighted by molar-refractivity contribution is 5.73. The van der Waals surface area contributed by atoms with Crippen LogP contribution in [0.3, 0.4) is 0 Å².